The summed E-state index contributed by atoms with van der Waals surface area (Å²) < 4.78 is 18.0. The molecular formula is C20H19FN4O2. The Balaban J connectivity index is 1.51. The largest absolute Gasteiger partial charge is 0.497 e. The van der Waals surface area contributed by atoms with Crippen molar-refractivity contribution in [1.82, 2.24) is 15.3 Å². The number of benzene rings is 2. The summed E-state index contributed by atoms with van der Waals surface area (Å²) in [6, 6.07) is 13.6. The maximum Gasteiger partial charge on any atom is 0.254 e. The first kappa shape index (κ1) is 18.3. The first-order chi connectivity index (χ1) is 13.1. The molecular weight excluding hydrogens is 347 g/mol. The Morgan fingerprint density at radius 3 is 2.19 bits per heavy atom. The van der Waals surface area contributed by atoms with E-state index in [4.69, 9.17) is 4.74 Å². The van der Waals surface area contributed by atoms with Crippen LogP contribution in [0.1, 0.15) is 21.5 Å². The van der Waals surface area contributed by atoms with Gasteiger partial charge in [0.05, 0.1) is 12.7 Å². The number of nitrogens with one attached hydrogen (secondary N) is 2. The fourth-order valence-corrected chi connectivity index (χ4v) is 2.35. The Morgan fingerprint density at radius 1 is 0.963 bits per heavy atom. The van der Waals surface area contributed by atoms with Gasteiger partial charge in [-0.3, -0.25) is 4.79 Å². The van der Waals surface area contributed by atoms with Crippen LogP contribution in [0.2, 0.25) is 0 Å². The second kappa shape index (κ2) is 8.75. The predicted octanol–water partition coefficient (Wildman–Crippen LogP) is 3.17. The molecule has 0 aliphatic heterocycles. The van der Waals surface area contributed by atoms with Crippen LogP contribution in [-0.2, 0) is 13.1 Å². The summed E-state index contributed by atoms with van der Waals surface area (Å²) in [5, 5.41) is 5.85. The molecule has 7 heteroatoms. The lowest BCUT2D eigenvalue weighted by molar-refractivity contribution is 0.0950. The minimum atomic E-state index is -0.278. The van der Waals surface area contributed by atoms with Gasteiger partial charge in [-0.2, -0.15) is 0 Å². The lowest BCUT2D eigenvalue weighted by Gasteiger charge is -2.07. The number of hydrogen-bond acceptors (Lipinski definition) is 5. The van der Waals surface area contributed by atoms with Crippen LogP contribution in [0.15, 0.2) is 60.9 Å². The summed E-state index contributed by atoms with van der Waals surface area (Å²) in [4.78, 5) is 20.5. The van der Waals surface area contributed by atoms with Crippen molar-refractivity contribution >= 4 is 11.9 Å². The third-order valence-electron chi connectivity index (χ3n) is 3.89. The lowest BCUT2D eigenvalue weighted by Crippen LogP contribution is -2.23. The Bertz CT molecular complexity index is 881. The molecule has 0 atom stereocenters. The van der Waals surface area contributed by atoms with E-state index in [2.05, 4.69) is 20.6 Å². The normalized spacial score (nSPS) is 10.3. The first-order valence-electron chi connectivity index (χ1n) is 8.35. The third kappa shape index (κ3) is 5.24. The highest BCUT2D eigenvalue weighted by atomic mass is 19.1. The van der Waals surface area contributed by atoms with Gasteiger partial charge in [-0.25, -0.2) is 14.4 Å². The number of amides is 1. The molecule has 3 aromatic rings. The van der Waals surface area contributed by atoms with Crippen LogP contribution in [0, 0.1) is 5.82 Å². The van der Waals surface area contributed by atoms with Crippen molar-refractivity contribution in [2.45, 2.75) is 13.1 Å². The van der Waals surface area contributed by atoms with Crippen molar-refractivity contribution < 1.29 is 13.9 Å². The van der Waals surface area contributed by atoms with E-state index in [1.54, 1.807) is 19.2 Å². The molecule has 1 heterocycles. The van der Waals surface area contributed by atoms with Gasteiger partial charge < -0.3 is 15.4 Å². The molecule has 6 nitrogen and oxygen atoms in total. The summed E-state index contributed by atoms with van der Waals surface area (Å²) in [7, 11) is 1.61. The smallest absolute Gasteiger partial charge is 0.254 e. The zero-order valence-electron chi connectivity index (χ0n) is 14.8. The highest BCUT2D eigenvalue weighted by molar-refractivity contribution is 5.93. The van der Waals surface area contributed by atoms with Crippen molar-refractivity contribution in [2.24, 2.45) is 0 Å². The lowest BCUT2D eigenvalue weighted by atomic mass is 10.2. The number of nitrogens with zero attached hydrogens (tertiary/aromatic N) is 2. The SMILES string of the molecule is COc1ccc(CNC(=O)c2cnc(NCc3ccc(F)cc3)nc2)cc1. The molecule has 0 bridgehead atoms. The van der Waals surface area contributed by atoms with Crippen LogP contribution in [0.5, 0.6) is 5.75 Å². The number of aromatic nitrogens is 2. The van der Waals surface area contributed by atoms with Crippen LogP contribution in [-0.4, -0.2) is 23.0 Å². The summed E-state index contributed by atoms with van der Waals surface area (Å²) in [5.74, 6) is 0.629. The van der Waals surface area contributed by atoms with E-state index in [1.165, 1.54) is 24.5 Å². The van der Waals surface area contributed by atoms with Crippen LogP contribution < -0.4 is 15.4 Å². The highest BCUT2D eigenvalue weighted by Crippen LogP contribution is 2.11. The van der Waals surface area contributed by atoms with E-state index in [9.17, 15) is 9.18 Å². The zero-order valence-corrected chi connectivity index (χ0v) is 14.8. The molecule has 2 N–H and O–H groups in total. The Hall–Kier alpha value is -3.48. The molecule has 2 aromatic carbocycles. The van der Waals surface area contributed by atoms with Gasteiger partial charge >= 0.3 is 0 Å². The molecule has 27 heavy (non-hydrogen) atoms. The summed E-state index contributed by atoms with van der Waals surface area (Å²) in [6.07, 6.45) is 2.92. The van der Waals surface area contributed by atoms with E-state index in [1.807, 2.05) is 24.3 Å². The number of ether oxygens (including phenoxy) is 1. The summed E-state index contributed by atoms with van der Waals surface area (Å²) in [6.45, 7) is 0.858. The fraction of sp³-hybridized carbons (Fsp3) is 0.150. The Kier molecular flexibility index (Phi) is 5.94. The molecule has 0 aliphatic rings. The topological polar surface area (TPSA) is 76.1 Å². The van der Waals surface area contributed by atoms with Gasteiger partial charge in [0, 0.05) is 25.5 Å². The molecule has 0 spiro atoms. The van der Waals surface area contributed by atoms with Crippen molar-refractivity contribution in [3.63, 3.8) is 0 Å². The first-order valence-corrected chi connectivity index (χ1v) is 8.35. The standard InChI is InChI=1S/C20H19FN4O2/c1-27-18-8-4-15(5-9-18)10-22-19(26)16-12-24-20(25-13-16)23-11-14-2-6-17(21)7-3-14/h2-9,12-13H,10-11H2,1H3,(H,22,26)(H,23,24,25). The van der Waals surface area contributed by atoms with Crippen LogP contribution in [0.4, 0.5) is 10.3 Å². The molecule has 0 unspecified atom stereocenters. The van der Waals surface area contributed by atoms with Crippen molar-refractivity contribution in [1.29, 1.82) is 0 Å². The number of rotatable bonds is 7. The van der Waals surface area contributed by atoms with Crippen LogP contribution >= 0.6 is 0 Å². The van der Waals surface area contributed by atoms with Crippen molar-refractivity contribution in [3.05, 3.63) is 83.4 Å². The second-order valence-corrected chi connectivity index (χ2v) is 5.81. The molecule has 0 saturated heterocycles. The van der Waals surface area contributed by atoms with Gasteiger partial charge in [0.15, 0.2) is 0 Å². The predicted molar refractivity (Wildman–Crippen MR) is 99.9 cm³/mol. The number of halogens is 1. The minimum absolute atomic E-state index is 0.254. The summed E-state index contributed by atoms with van der Waals surface area (Å²) >= 11 is 0. The molecule has 138 valence electrons. The molecule has 1 amide bonds. The van der Waals surface area contributed by atoms with Crippen LogP contribution in [0.3, 0.4) is 0 Å². The number of hydrogen-bond donors (Lipinski definition) is 2. The Labute approximate surface area is 156 Å². The number of carbonyl (C=O) groups is 1. The van der Waals surface area contributed by atoms with Gasteiger partial charge in [-0.05, 0) is 35.4 Å². The average molecular weight is 366 g/mol. The number of methoxy groups -OCH3 is 1. The third-order valence-corrected chi connectivity index (χ3v) is 3.89. The molecule has 3 rings (SSSR count). The quantitative estimate of drug-likeness (QED) is 0.672. The number of carbonyl (C=O) groups excluding carboxylic acids is 1. The van der Waals surface area contributed by atoms with Gasteiger partial charge in [-0.1, -0.05) is 24.3 Å². The van der Waals surface area contributed by atoms with Crippen molar-refractivity contribution in [3.8, 4) is 5.75 Å². The monoisotopic (exact) mass is 366 g/mol. The molecule has 0 radical (unpaired) electrons. The molecule has 0 aliphatic carbocycles. The molecule has 0 saturated carbocycles. The van der Waals surface area contributed by atoms with E-state index in [0.29, 0.717) is 24.6 Å². The molecule has 0 fully saturated rings. The zero-order chi connectivity index (χ0) is 19.1. The highest BCUT2D eigenvalue weighted by Gasteiger charge is 2.07. The van der Waals surface area contributed by atoms with Crippen molar-refractivity contribution in [2.75, 3.05) is 12.4 Å². The van der Waals surface area contributed by atoms with Gasteiger partial charge in [0.25, 0.3) is 5.91 Å². The second-order valence-electron chi connectivity index (χ2n) is 5.81. The van der Waals surface area contributed by atoms with Crippen LogP contribution in [0.25, 0.3) is 0 Å². The maximum absolute atomic E-state index is 12.9. The Morgan fingerprint density at radius 2 is 1.56 bits per heavy atom. The van der Waals surface area contributed by atoms with Gasteiger partial charge in [-0.15, -0.1) is 0 Å². The number of anilines is 1. The van der Waals surface area contributed by atoms with E-state index >= 15 is 0 Å². The fourth-order valence-electron chi connectivity index (χ4n) is 2.35. The van der Waals surface area contributed by atoms with E-state index in [-0.39, 0.29) is 11.7 Å². The molecule has 1 aromatic heterocycles. The van der Waals surface area contributed by atoms with E-state index in [0.717, 1.165) is 16.9 Å². The van der Waals surface area contributed by atoms with Gasteiger partial charge in [0.2, 0.25) is 5.95 Å². The maximum atomic E-state index is 12.9. The average Bonchev–Trinajstić information content (AvgIpc) is 2.72. The van der Waals surface area contributed by atoms with Gasteiger partial charge in [0.1, 0.15) is 11.6 Å². The van der Waals surface area contributed by atoms with E-state index < -0.39 is 0 Å². The summed E-state index contributed by atoms with van der Waals surface area (Å²) in [5.41, 5.74) is 2.24. The minimum Gasteiger partial charge on any atom is -0.497 e.